The molecule has 6 heteroatoms. The normalized spacial score (nSPS) is 14.8. The lowest BCUT2D eigenvalue weighted by Crippen LogP contribution is -2.41. The van der Waals surface area contributed by atoms with E-state index in [9.17, 15) is 4.79 Å². The third-order valence-corrected chi connectivity index (χ3v) is 4.42. The molecule has 3 aromatic rings. The molecule has 1 amide bonds. The summed E-state index contributed by atoms with van der Waals surface area (Å²) >= 11 is 0. The fourth-order valence-corrected chi connectivity index (χ4v) is 3.09. The van der Waals surface area contributed by atoms with Crippen molar-refractivity contribution in [1.82, 2.24) is 9.88 Å². The number of carbonyl (C=O) groups is 1. The van der Waals surface area contributed by atoms with E-state index in [0.717, 1.165) is 22.2 Å². The summed E-state index contributed by atoms with van der Waals surface area (Å²) in [5, 5.41) is 0. The molecule has 0 spiro atoms. The number of anilines is 1. The molecule has 25 heavy (non-hydrogen) atoms. The molecule has 128 valence electrons. The Bertz CT molecular complexity index is 896. The summed E-state index contributed by atoms with van der Waals surface area (Å²) in [7, 11) is 0. The van der Waals surface area contributed by atoms with Gasteiger partial charge in [-0.15, -0.1) is 0 Å². The van der Waals surface area contributed by atoms with E-state index in [1.165, 1.54) is 0 Å². The van der Waals surface area contributed by atoms with Crippen LogP contribution in [0.15, 0.2) is 46.9 Å². The van der Waals surface area contributed by atoms with Crippen LogP contribution >= 0.6 is 0 Å². The van der Waals surface area contributed by atoms with E-state index in [4.69, 9.17) is 14.9 Å². The molecular formula is C19H19N3O3. The largest absolute Gasteiger partial charge is 0.423 e. The molecular weight excluding hydrogens is 318 g/mol. The minimum absolute atomic E-state index is 0.140. The van der Waals surface area contributed by atoms with Crippen LogP contribution in [0.5, 0.6) is 0 Å². The average molecular weight is 337 g/mol. The first kappa shape index (κ1) is 15.7. The quantitative estimate of drug-likeness (QED) is 0.794. The summed E-state index contributed by atoms with van der Waals surface area (Å²) in [6.45, 7) is 2.58. The molecule has 1 saturated heterocycles. The first-order chi connectivity index (χ1) is 12.2. The lowest BCUT2D eigenvalue weighted by atomic mass is 10.0. The summed E-state index contributed by atoms with van der Waals surface area (Å²) in [6, 6.07) is 13.9. The molecule has 1 aliphatic heterocycles. The smallest absolute Gasteiger partial charge is 0.293 e. The van der Waals surface area contributed by atoms with E-state index in [0.29, 0.717) is 38.3 Å². The number of carbonyl (C=O) groups excluding carboxylic acids is 1. The molecule has 2 aromatic carbocycles. The van der Waals surface area contributed by atoms with Crippen LogP contribution < -0.4 is 5.73 Å². The maximum Gasteiger partial charge on any atom is 0.293 e. The van der Waals surface area contributed by atoms with Gasteiger partial charge in [-0.25, -0.2) is 0 Å². The van der Waals surface area contributed by atoms with Crippen molar-refractivity contribution in [3.05, 3.63) is 48.0 Å². The van der Waals surface area contributed by atoms with E-state index < -0.39 is 0 Å². The number of ether oxygens (including phenoxy) is 1. The Labute approximate surface area is 145 Å². The Kier molecular flexibility index (Phi) is 4.11. The summed E-state index contributed by atoms with van der Waals surface area (Å²) in [6.07, 6.45) is 0.403. The molecule has 6 nitrogen and oxygen atoms in total. The van der Waals surface area contributed by atoms with Gasteiger partial charge in [0.15, 0.2) is 5.58 Å². The molecule has 0 aliphatic carbocycles. The van der Waals surface area contributed by atoms with Crippen LogP contribution in [0.25, 0.3) is 22.2 Å². The van der Waals surface area contributed by atoms with Crippen molar-refractivity contribution < 1.29 is 13.9 Å². The first-order valence-electron chi connectivity index (χ1n) is 8.30. The lowest BCUT2D eigenvalue weighted by Gasteiger charge is -2.26. The fourth-order valence-electron chi connectivity index (χ4n) is 3.09. The van der Waals surface area contributed by atoms with Gasteiger partial charge in [-0.3, -0.25) is 4.79 Å². The Morgan fingerprint density at radius 2 is 1.88 bits per heavy atom. The van der Waals surface area contributed by atoms with E-state index in [-0.39, 0.29) is 11.9 Å². The number of fused-ring (bicyclic) bond motifs is 1. The van der Waals surface area contributed by atoms with Gasteiger partial charge in [0, 0.05) is 18.7 Å². The van der Waals surface area contributed by atoms with Gasteiger partial charge in [0.05, 0.1) is 19.6 Å². The van der Waals surface area contributed by atoms with E-state index in [1.807, 2.05) is 47.4 Å². The molecule has 0 unspecified atom stereocenters. The molecule has 2 N–H and O–H groups in total. The van der Waals surface area contributed by atoms with Gasteiger partial charge in [-0.2, -0.15) is 4.98 Å². The minimum atomic E-state index is 0.140. The van der Waals surface area contributed by atoms with Crippen molar-refractivity contribution in [1.29, 1.82) is 0 Å². The highest BCUT2D eigenvalue weighted by molar-refractivity contribution is 5.91. The van der Waals surface area contributed by atoms with Crippen molar-refractivity contribution in [2.75, 3.05) is 32.0 Å². The highest BCUT2D eigenvalue weighted by Gasteiger charge is 2.17. The predicted molar refractivity (Wildman–Crippen MR) is 95.0 cm³/mol. The maximum atomic E-state index is 12.3. The molecule has 0 radical (unpaired) electrons. The van der Waals surface area contributed by atoms with Gasteiger partial charge in [0.2, 0.25) is 5.91 Å². The molecule has 0 atom stereocenters. The van der Waals surface area contributed by atoms with Gasteiger partial charge < -0.3 is 19.8 Å². The Morgan fingerprint density at radius 3 is 2.64 bits per heavy atom. The monoisotopic (exact) mass is 337 g/mol. The topological polar surface area (TPSA) is 81.6 Å². The number of nitrogen functional groups attached to an aromatic ring is 1. The number of nitrogens with zero attached hydrogens (tertiary/aromatic N) is 2. The van der Waals surface area contributed by atoms with Crippen LogP contribution in [0.1, 0.15) is 5.56 Å². The lowest BCUT2D eigenvalue weighted by molar-refractivity contribution is -0.134. The Morgan fingerprint density at radius 1 is 1.12 bits per heavy atom. The van der Waals surface area contributed by atoms with E-state index in [1.54, 1.807) is 0 Å². The second-order valence-corrected chi connectivity index (χ2v) is 6.07. The van der Waals surface area contributed by atoms with Crippen molar-refractivity contribution in [3.63, 3.8) is 0 Å². The van der Waals surface area contributed by atoms with Crippen LogP contribution in [-0.2, 0) is 16.0 Å². The molecule has 0 bridgehead atoms. The second-order valence-electron chi connectivity index (χ2n) is 6.07. The second kappa shape index (κ2) is 6.57. The van der Waals surface area contributed by atoms with Crippen LogP contribution in [-0.4, -0.2) is 42.1 Å². The number of para-hydroxylation sites is 1. The predicted octanol–water partition coefficient (Wildman–Crippen LogP) is 2.48. The summed E-state index contributed by atoms with van der Waals surface area (Å²) in [4.78, 5) is 18.3. The van der Waals surface area contributed by atoms with Crippen LogP contribution in [0.3, 0.4) is 0 Å². The van der Waals surface area contributed by atoms with Crippen LogP contribution in [0.4, 0.5) is 6.01 Å². The number of aromatic nitrogens is 1. The first-order valence-corrected chi connectivity index (χ1v) is 8.30. The molecule has 4 rings (SSSR count). The summed E-state index contributed by atoms with van der Waals surface area (Å²) in [5.74, 6) is 0.140. The van der Waals surface area contributed by atoms with Gasteiger partial charge in [0.25, 0.3) is 6.01 Å². The summed E-state index contributed by atoms with van der Waals surface area (Å²) in [5.41, 5.74) is 10.0. The Hall–Kier alpha value is -2.86. The number of amides is 1. The van der Waals surface area contributed by atoms with Gasteiger partial charge in [0.1, 0.15) is 5.52 Å². The van der Waals surface area contributed by atoms with Gasteiger partial charge in [-0.1, -0.05) is 36.4 Å². The highest BCUT2D eigenvalue weighted by Crippen LogP contribution is 2.30. The van der Waals surface area contributed by atoms with E-state index in [2.05, 4.69) is 4.98 Å². The number of nitrogens with two attached hydrogens (primary N) is 1. The van der Waals surface area contributed by atoms with Gasteiger partial charge in [-0.05, 0) is 17.2 Å². The SMILES string of the molecule is Nc1nc2cccc(-c3ccc(CC(=O)N4CCOCC4)cc3)c2o1. The number of hydrogen-bond donors (Lipinski definition) is 1. The third kappa shape index (κ3) is 3.21. The third-order valence-electron chi connectivity index (χ3n) is 4.42. The van der Waals surface area contributed by atoms with Crippen molar-refractivity contribution >= 4 is 23.0 Å². The number of hydrogen-bond acceptors (Lipinski definition) is 5. The maximum absolute atomic E-state index is 12.3. The number of oxazole rings is 1. The molecule has 1 fully saturated rings. The van der Waals surface area contributed by atoms with Gasteiger partial charge >= 0.3 is 0 Å². The zero-order chi connectivity index (χ0) is 17.2. The highest BCUT2D eigenvalue weighted by atomic mass is 16.5. The van der Waals surface area contributed by atoms with Crippen molar-refractivity contribution in [2.24, 2.45) is 0 Å². The zero-order valence-electron chi connectivity index (χ0n) is 13.8. The van der Waals surface area contributed by atoms with E-state index >= 15 is 0 Å². The van der Waals surface area contributed by atoms with Crippen LogP contribution in [0.2, 0.25) is 0 Å². The molecule has 1 aliphatic rings. The number of benzene rings is 2. The average Bonchev–Trinajstić information content (AvgIpc) is 3.03. The molecule has 0 saturated carbocycles. The Balaban J connectivity index is 1.54. The van der Waals surface area contributed by atoms with Crippen molar-refractivity contribution in [2.45, 2.75) is 6.42 Å². The number of rotatable bonds is 3. The summed E-state index contributed by atoms with van der Waals surface area (Å²) < 4.78 is 10.8. The number of morpholine rings is 1. The molecule has 2 heterocycles. The molecule has 1 aromatic heterocycles. The zero-order valence-corrected chi connectivity index (χ0v) is 13.8. The standard InChI is InChI=1S/C19H19N3O3/c20-19-21-16-3-1-2-15(18(16)25-19)14-6-4-13(5-7-14)12-17(23)22-8-10-24-11-9-22/h1-7H,8-12H2,(H2,20,21). The fraction of sp³-hybridized carbons (Fsp3) is 0.263. The van der Waals surface area contributed by atoms with Crippen molar-refractivity contribution in [3.8, 4) is 11.1 Å². The minimum Gasteiger partial charge on any atom is -0.423 e. The van der Waals surface area contributed by atoms with Crippen LogP contribution in [0, 0.1) is 0 Å².